The molecule has 1 aliphatic heterocycles. The van der Waals surface area contributed by atoms with Gasteiger partial charge in [-0.3, -0.25) is 9.78 Å². The van der Waals surface area contributed by atoms with Crippen LogP contribution in [0.25, 0.3) is 0 Å². The molecule has 1 atom stereocenters. The Balaban J connectivity index is 1.69. The fourth-order valence-electron chi connectivity index (χ4n) is 2.96. The fourth-order valence-corrected chi connectivity index (χ4v) is 2.96. The molecule has 3 rings (SSSR count). The van der Waals surface area contributed by atoms with Crippen LogP contribution in [-0.4, -0.2) is 36.5 Å². The van der Waals surface area contributed by atoms with Crippen LogP contribution in [0.5, 0.6) is 5.75 Å². The Morgan fingerprint density at radius 1 is 1.26 bits per heavy atom. The molecule has 0 unspecified atom stereocenters. The summed E-state index contributed by atoms with van der Waals surface area (Å²) in [6.07, 6.45) is 4.62. The summed E-state index contributed by atoms with van der Waals surface area (Å²) in [7, 11) is 3.50. The normalized spacial score (nSPS) is 16.9. The molecule has 0 saturated carbocycles. The van der Waals surface area contributed by atoms with Gasteiger partial charge in [0.1, 0.15) is 5.75 Å². The van der Waals surface area contributed by atoms with Gasteiger partial charge in [0.25, 0.3) is 5.91 Å². The zero-order chi connectivity index (χ0) is 16.2. The predicted molar refractivity (Wildman–Crippen MR) is 89.7 cm³/mol. The lowest BCUT2D eigenvalue weighted by Gasteiger charge is -2.14. The molecule has 4 heteroatoms. The number of benzene rings is 1. The highest BCUT2D eigenvalue weighted by Gasteiger charge is 2.18. The number of aromatic nitrogens is 1. The molecule has 2 heterocycles. The molecule has 1 aliphatic rings. The monoisotopic (exact) mass is 310 g/mol. The van der Waals surface area contributed by atoms with E-state index in [2.05, 4.69) is 17.1 Å². The quantitative estimate of drug-likeness (QED) is 0.875. The third kappa shape index (κ3) is 3.70. The highest BCUT2D eigenvalue weighted by atomic mass is 16.5. The highest BCUT2D eigenvalue weighted by Crippen LogP contribution is 2.28. The topological polar surface area (TPSA) is 42.4 Å². The van der Waals surface area contributed by atoms with E-state index in [-0.39, 0.29) is 5.91 Å². The number of fused-ring (bicyclic) bond motifs is 1. The van der Waals surface area contributed by atoms with E-state index >= 15 is 0 Å². The summed E-state index contributed by atoms with van der Waals surface area (Å²) in [5.41, 5.74) is 2.94. The Kier molecular flexibility index (Phi) is 4.60. The van der Waals surface area contributed by atoms with Crippen molar-refractivity contribution in [3.05, 3.63) is 59.4 Å². The second-order valence-corrected chi connectivity index (χ2v) is 6.26. The Morgan fingerprint density at radius 2 is 2.09 bits per heavy atom. The standard InChI is InChI=1S/C19H22N2O2/c1-21(2)19(22)16-7-8-17(20-13-16)12-14-9-10-23-18-6-4-3-5-15(18)11-14/h3-8,13-14H,9-12H2,1-2H3/t14-/m0/s1. The van der Waals surface area contributed by atoms with Crippen LogP contribution in [0, 0.1) is 5.92 Å². The molecule has 0 fully saturated rings. The zero-order valence-corrected chi connectivity index (χ0v) is 13.7. The first kappa shape index (κ1) is 15.5. The summed E-state index contributed by atoms with van der Waals surface area (Å²) in [4.78, 5) is 17.9. The molecule has 1 aromatic heterocycles. The van der Waals surface area contributed by atoms with Crippen molar-refractivity contribution in [3.63, 3.8) is 0 Å². The van der Waals surface area contributed by atoms with Gasteiger partial charge in [-0.25, -0.2) is 0 Å². The number of para-hydroxylation sites is 1. The van der Waals surface area contributed by atoms with Gasteiger partial charge in [0.05, 0.1) is 12.2 Å². The summed E-state index contributed by atoms with van der Waals surface area (Å²) < 4.78 is 5.82. The van der Waals surface area contributed by atoms with Crippen molar-refractivity contribution in [2.24, 2.45) is 5.92 Å². The van der Waals surface area contributed by atoms with Crippen LogP contribution >= 0.6 is 0 Å². The minimum Gasteiger partial charge on any atom is -0.493 e. The molecule has 1 aromatic carbocycles. The van der Waals surface area contributed by atoms with Crippen molar-refractivity contribution in [2.45, 2.75) is 19.3 Å². The number of hydrogen-bond donors (Lipinski definition) is 0. The van der Waals surface area contributed by atoms with Gasteiger partial charge in [-0.15, -0.1) is 0 Å². The van der Waals surface area contributed by atoms with Crippen molar-refractivity contribution in [2.75, 3.05) is 20.7 Å². The van der Waals surface area contributed by atoms with E-state index < -0.39 is 0 Å². The minimum absolute atomic E-state index is 0.0131. The van der Waals surface area contributed by atoms with Crippen LogP contribution in [0.4, 0.5) is 0 Å². The molecule has 4 nitrogen and oxygen atoms in total. The number of ether oxygens (including phenoxy) is 1. The van der Waals surface area contributed by atoms with Crippen LogP contribution in [-0.2, 0) is 12.8 Å². The fraction of sp³-hybridized carbons (Fsp3) is 0.368. The summed E-state index contributed by atoms with van der Waals surface area (Å²) >= 11 is 0. The smallest absolute Gasteiger partial charge is 0.254 e. The van der Waals surface area contributed by atoms with Gasteiger partial charge in [-0.1, -0.05) is 18.2 Å². The molecular weight excluding hydrogens is 288 g/mol. The number of nitrogens with zero attached hydrogens (tertiary/aromatic N) is 2. The number of amides is 1. The van der Waals surface area contributed by atoms with Crippen molar-refractivity contribution in [1.29, 1.82) is 0 Å². The Hall–Kier alpha value is -2.36. The molecule has 1 amide bonds. The molecular formula is C19H22N2O2. The van der Waals surface area contributed by atoms with Gasteiger partial charge in [0.2, 0.25) is 0 Å². The van der Waals surface area contributed by atoms with Crippen LogP contribution in [0.15, 0.2) is 42.6 Å². The number of carbonyl (C=O) groups excluding carboxylic acids is 1. The highest BCUT2D eigenvalue weighted by molar-refractivity contribution is 5.93. The van der Waals surface area contributed by atoms with Gasteiger partial charge < -0.3 is 9.64 Å². The number of pyridine rings is 1. The second kappa shape index (κ2) is 6.82. The minimum atomic E-state index is -0.0131. The van der Waals surface area contributed by atoms with Gasteiger partial charge >= 0.3 is 0 Å². The van der Waals surface area contributed by atoms with Crippen molar-refractivity contribution < 1.29 is 9.53 Å². The summed E-state index contributed by atoms with van der Waals surface area (Å²) in [5.74, 6) is 1.51. The Bertz CT molecular complexity index is 680. The first-order valence-corrected chi connectivity index (χ1v) is 8.01. The molecule has 0 bridgehead atoms. The largest absolute Gasteiger partial charge is 0.493 e. The molecule has 0 spiro atoms. The number of hydrogen-bond acceptors (Lipinski definition) is 3. The van der Waals surface area contributed by atoms with Crippen LogP contribution in [0.2, 0.25) is 0 Å². The van der Waals surface area contributed by atoms with E-state index in [9.17, 15) is 4.79 Å². The maximum Gasteiger partial charge on any atom is 0.254 e. The molecule has 2 aromatic rings. The van der Waals surface area contributed by atoms with Gasteiger partial charge in [-0.05, 0) is 48.9 Å². The first-order chi connectivity index (χ1) is 11.1. The first-order valence-electron chi connectivity index (χ1n) is 8.01. The average molecular weight is 310 g/mol. The zero-order valence-electron chi connectivity index (χ0n) is 13.7. The van der Waals surface area contributed by atoms with Crippen molar-refractivity contribution >= 4 is 5.91 Å². The number of carbonyl (C=O) groups is 1. The average Bonchev–Trinajstić information content (AvgIpc) is 2.76. The maximum absolute atomic E-state index is 11.9. The number of rotatable bonds is 3. The van der Waals surface area contributed by atoms with Gasteiger partial charge in [0.15, 0.2) is 0 Å². The predicted octanol–water partition coefficient (Wildman–Crippen LogP) is 2.97. The second-order valence-electron chi connectivity index (χ2n) is 6.26. The van der Waals surface area contributed by atoms with Gasteiger partial charge in [0, 0.05) is 26.0 Å². The lowest BCUT2D eigenvalue weighted by molar-refractivity contribution is 0.0827. The van der Waals surface area contributed by atoms with E-state index in [4.69, 9.17) is 4.74 Å². The van der Waals surface area contributed by atoms with E-state index in [1.807, 2.05) is 24.3 Å². The Labute approximate surface area is 137 Å². The lowest BCUT2D eigenvalue weighted by atomic mass is 9.92. The van der Waals surface area contributed by atoms with Crippen LogP contribution in [0.1, 0.15) is 28.0 Å². The van der Waals surface area contributed by atoms with E-state index in [1.54, 1.807) is 25.2 Å². The molecule has 120 valence electrons. The molecule has 0 radical (unpaired) electrons. The molecule has 0 aliphatic carbocycles. The summed E-state index contributed by atoms with van der Waals surface area (Å²) in [5, 5.41) is 0. The van der Waals surface area contributed by atoms with E-state index in [1.165, 1.54) is 5.56 Å². The molecule has 23 heavy (non-hydrogen) atoms. The lowest BCUT2D eigenvalue weighted by Crippen LogP contribution is -2.21. The summed E-state index contributed by atoms with van der Waals surface area (Å²) in [6, 6.07) is 12.1. The van der Waals surface area contributed by atoms with Gasteiger partial charge in [-0.2, -0.15) is 0 Å². The van der Waals surface area contributed by atoms with Crippen LogP contribution < -0.4 is 4.74 Å². The maximum atomic E-state index is 11.9. The third-order valence-electron chi connectivity index (χ3n) is 4.24. The summed E-state index contributed by atoms with van der Waals surface area (Å²) in [6.45, 7) is 0.749. The van der Waals surface area contributed by atoms with E-state index in [0.717, 1.165) is 37.3 Å². The van der Waals surface area contributed by atoms with E-state index in [0.29, 0.717) is 11.5 Å². The molecule has 0 saturated heterocycles. The van der Waals surface area contributed by atoms with Crippen molar-refractivity contribution in [3.8, 4) is 5.75 Å². The van der Waals surface area contributed by atoms with Crippen molar-refractivity contribution in [1.82, 2.24) is 9.88 Å². The van der Waals surface area contributed by atoms with Crippen LogP contribution in [0.3, 0.4) is 0 Å². The SMILES string of the molecule is CN(C)C(=O)c1ccc(C[C@H]2CCOc3ccccc3C2)nc1. The Morgan fingerprint density at radius 3 is 2.83 bits per heavy atom. The third-order valence-corrected chi connectivity index (χ3v) is 4.24. The molecule has 0 N–H and O–H groups in total.